The molecule has 1 aromatic carbocycles. The second-order valence-corrected chi connectivity index (χ2v) is 5.93. The maximum atomic E-state index is 11.1. The Morgan fingerprint density at radius 1 is 1.14 bits per heavy atom. The first-order valence-corrected chi connectivity index (χ1v) is 7.36. The average Bonchev–Trinajstić information content (AvgIpc) is 2.94. The highest BCUT2D eigenvalue weighted by Crippen LogP contribution is 2.49. The standard InChI is InChI=1S/C16H22O6/c1-15(21-6-7-22-15)16(18)8-10-12(19-2)4-5-13(20-3)14(10)11(17)9-16/h4-5,11,17-18H,6-9H2,1-3H3. The van der Waals surface area contributed by atoms with Gasteiger partial charge in [0.15, 0.2) is 5.79 Å². The summed E-state index contributed by atoms with van der Waals surface area (Å²) in [6, 6.07) is 3.53. The third-order valence-electron chi connectivity index (χ3n) is 4.73. The van der Waals surface area contributed by atoms with E-state index in [4.69, 9.17) is 18.9 Å². The van der Waals surface area contributed by atoms with Crippen LogP contribution in [-0.4, -0.2) is 49.0 Å². The first-order chi connectivity index (χ1) is 10.4. The second-order valence-electron chi connectivity index (χ2n) is 5.93. The summed E-state index contributed by atoms with van der Waals surface area (Å²) in [7, 11) is 3.12. The molecule has 1 heterocycles. The van der Waals surface area contributed by atoms with E-state index in [1.807, 2.05) is 0 Å². The second kappa shape index (κ2) is 5.38. The van der Waals surface area contributed by atoms with Gasteiger partial charge in [0.25, 0.3) is 0 Å². The number of fused-ring (bicyclic) bond motifs is 1. The van der Waals surface area contributed by atoms with Crippen molar-refractivity contribution < 1.29 is 29.2 Å². The average molecular weight is 310 g/mol. The molecule has 0 aromatic heterocycles. The quantitative estimate of drug-likeness (QED) is 0.873. The molecule has 0 saturated carbocycles. The molecule has 6 heteroatoms. The summed E-state index contributed by atoms with van der Waals surface area (Å²) in [5.41, 5.74) is 0.0480. The first kappa shape index (κ1) is 15.6. The summed E-state index contributed by atoms with van der Waals surface area (Å²) in [5, 5.41) is 21.7. The SMILES string of the molecule is COc1ccc(OC)c2c1CC(O)(C1(C)OCCO1)CC2O. The van der Waals surface area contributed by atoms with E-state index in [1.54, 1.807) is 33.3 Å². The molecule has 2 unspecified atom stereocenters. The Balaban J connectivity index is 2.08. The monoisotopic (exact) mass is 310 g/mol. The van der Waals surface area contributed by atoms with Gasteiger partial charge in [0.1, 0.15) is 17.1 Å². The smallest absolute Gasteiger partial charge is 0.195 e. The number of benzene rings is 1. The summed E-state index contributed by atoms with van der Waals surface area (Å²) < 4.78 is 22.0. The topological polar surface area (TPSA) is 77.4 Å². The Kier molecular flexibility index (Phi) is 3.81. The molecule has 1 aliphatic heterocycles. The number of aliphatic hydroxyl groups excluding tert-OH is 1. The molecule has 0 amide bonds. The molecule has 122 valence electrons. The molecule has 0 spiro atoms. The highest BCUT2D eigenvalue weighted by atomic mass is 16.7. The normalized spacial score (nSPS) is 30.0. The van der Waals surface area contributed by atoms with Crippen molar-refractivity contribution in [1.29, 1.82) is 0 Å². The zero-order valence-corrected chi connectivity index (χ0v) is 13.1. The van der Waals surface area contributed by atoms with Crippen LogP contribution in [0.4, 0.5) is 0 Å². The minimum atomic E-state index is -1.34. The van der Waals surface area contributed by atoms with Crippen LogP contribution < -0.4 is 9.47 Å². The lowest BCUT2D eigenvalue weighted by molar-refractivity contribution is -0.269. The van der Waals surface area contributed by atoms with Gasteiger partial charge < -0.3 is 29.2 Å². The minimum absolute atomic E-state index is 0.111. The van der Waals surface area contributed by atoms with Crippen molar-refractivity contribution in [1.82, 2.24) is 0 Å². The molecular formula is C16H22O6. The molecule has 1 aromatic rings. The molecular weight excluding hydrogens is 288 g/mol. The number of rotatable bonds is 3. The van der Waals surface area contributed by atoms with Crippen LogP contribution in [0.2, 0.25) is 0 Å². The van der Waals surface area contributed by atoms with Crippen LogP contribution in [0.25, 0.3) is 0 Å². The predicted molar refractivity (Wildman–Crippen MR) is 78.1 cm³/mol. The molecule has 1 fully saturated rings. The summed E-state index contributed by atoms with van der Waals surface area (Å²) in [5.74, 6) is 0.0538. The van der Waals surface area contributed by atoms with Crippen LogP contribution in [0.5, 0.6) is 11.5 Å². The van der Waals surface area contributed by atoms with E-state index in [1.165, 1.54) is 0 Å². The van der Waals surface area contributed by atoms with Crippen molar-refractivity contribution in [3.05, 3.63) is 23.3 Å². The van der Waals surface area contributed by atoms with Gasteiger partial charge in [-0.2, -0.15) is 0 Å². The fourth-order valence-electron chi connectivity index (χ4n) is 3.46. The zero-order chi connectivity index (χ0) is 16.0. The minimum Gasteiger partial charge on any atom is -0.496 e. The van der Waals surface area contributed by atoms with E-state index in [-0.39, 0.29) is 12.8 Å². The van der Waals surface area contributed by atoms with E-state index in [0.717, 1.165) is 5.56 Å². The molecule has 1 saturated heterocycles. The highest BCUT2D eigenvalue weighted by Gasteiger charge is 2.55. The van der Waals surface area contributed by atoms with Crippen molar-refractivity contribution in [2.45, 2.75) is 37.3 Å². The number of hydrogen-bond acceptors (Lipinski definition) is 6. The molecule has 6 nitrogen and oxygen atoms in total. The Morgan fingerprint density at radius 2 is 1.73 bits per heavy atom. The van der Waals surface area contributed by atoms with Gasteiger partial charge in [-0.1, -0.05) is 0 Å². The Morgan fingerprint density at radius 3 is 2.32 bits per heavy atom. The van der Waals surface area contributed by atoms with Crippen LogP contribution in [0.1, 0.15) is 30.6 Å². The van der Waals surface area contributed by atoms with Gasteiger partial charge >= 0.3 is 0 Å². The van der Waals surface area contributed by atoms with E-state index in [0.29, 0.717) is 30.3 Å². The van der Waals surface area contributed by atoms with Crippen molar-refractivity contribution in [2.24, 2.45) is 0 Å². The lowest BCUT2D eigenvalue weighted by Gasteiger charge is -2.45. The summed E-state index contributed by atoms with van der Waals surface area (Å²) in [6.07, 6.45) is -0.514. The van der Waals surface area contributed by atoms with Crippen LogP contribution in [0, 0.1) is 0 Å². The van der Waals surface area contributed by atoms with Crippen LogP contribution in [0.3, 0.4) is 0 Å². The van der Waals surface area contributed by atoms with E-state index < -0.39 is 17.5 Å². The fourth-order valence-corrected chi connectivity index (χ4v) is 3.46. The fraction of sp³-hybridized carbons (Fsp3) is 0.625. The largest absolute Gasteiger partial charge is 0.496 e. The van der Waals surface area contributed by atoms with E-state index in [2.05, 4.69) is 0 Å². The summed E-state index contributed by atoms with van der Waals surface area (Å²) in [4.78, 5) is 0. The molecule has 22 heavy (non-hydrogen) atoms. The van der Waals surface area contributed by atoms with Gasteiger partial charge in [0.2, 0.25) is 0 Å². The molecule has 2 atom stereocenters. The van der Waals surface area contributed by atoms with Crippen molar-refractivity contribution in [2.75, 3.05) is 27.4 Å². The molecule has 2 N–H and O–H groups in total. The third-order valence-corrected chi connectivity index (χ3v) is 4.73. The van der Waals surface area contributed by atoms with Gasteiger partial charge in [0.05, 0.1) is 33.5 Å². The van der Waals surface area contributed by atoms with Crippen LogP contribution in [-0.2, 0) is 15.9 Å². The Labute approximate surface area is 129 Å². The van der Waals surface area contributed by atoms with Gasteiger partial charge in [-0.25, -0.2) is 0 Å². The number of ether oxygens (including phenoxy) is 4. The Hall–Kier alpha value is -1.34. The number of hydrogen-bond donors (Lipinski definition) is 2. The summed E-state index contributed by atoms with van der Waals surface area (Å²) >= 11 is 0. The Bertz CT molecular complexity index is 566. The lowest BCUT2D eigenvalue weighted by atomic mass is 9.74. The lowest BCUT2D eigenvalue weighted by Crippen LogP contribution is -2.57. The highest BCUT2D eigenvalue weighted by molar-refractivity contribution is 5.52. The van der Waals surface area contributed by atoms with Crippen LogP contribution >= 0.6 is 0 Å². The van der Waals surface area contributed by atoms with Crippen LogP contribution in [0.15, 0.2) is 12.1 Å². The molecule has 1 aliphatic carbocycles. The number of aliphatic hydroxyl groups is 2. The first-order valence-electron chi connectivity index (χ1n) is 7.36. The van der Waals surface area contributed by atoms with Gasteiger partial charge in [-0.15, -0.1) is 0 Å². The maximum Gasteiger partial charge on any atom is 0.195 e. The number of methoxy groups -OCH3 is 2. The van der Waals surface area contributed by atoms with Gasteiger partial charge in [-0.3, -0.25) is 0 Å². The van der Waals surface area contributed by atoms with Crippen molar-refractivity contribution in [3.63, 3.8) is 0 Å². The predicted octanol–water partition coefficient (Wildman–Crippen LogP) is 1.18. The van der Waals surface area contributed by atoms with E-state index in [9.17, 15) is 10.2 Å². The van der Waals surface area contributed by atoms with Gasteiger partial charge in [-0.05, 0) is 19.1 Å². The molecule has 0 bridgehead atoms. The maximum absolute atomic E-state index is 11.1. The zero-order valence-electron chi connectivity index (χ0n) is 13.1. The summed E-state index contributed by atoms with van der Waals surface area (Å²) in [6.45, 7) is 2.57. The molecule has 2 aliphatic rings. The van der Waals surface area contributed by atoms with E-state index >= 15 is 0 Å². The van der Waals surface area contributed by atoms with Crippen molar-refractivity contribution >= 4 is 0 Å². The molecule has 0 radical (unpaired) electrons. The molecule has 3 rings (SSSR count). The van der Waals surface area contributed by atoms with Crippen molar-refractivity contribution in [3.8, 4) is 11.5 Å². The van der Waals surface area contributed by atoms with Gasteiger partial charge in [0, 0.05) is 24.0 Å². The third kappa shape index (κ3) is 2.18.